The zero-order valence-electron chi connectivity index (χ0n) is 14.3. The summed E-state index contributed by atoms with van der Waals surface area (Å²) in [5, 5.41) is 0.535. The van der Waals surface area contributed by atoms with Gasteiger partial charge < -0.3 is 20.8 Å². The summed E-state index contributed by atoms with van der Waals surface area (Å²) < 4.78 is 5.25. The van der Waals surface area contributed by atoms with E-state index in [0.29, 0.717) is 30.3 Å². The number of nitrogens with two attached hydrogens (primary N) is 2. The molecule has 3 rings (SSSR count). The second-order valence-corrected chi connectivity index (χ2v) is 6.28. The third-order valence-corrected chi connectivity index (χ3v) is 4.75. The van der Waals surface area contributed by atoms with Crippen LogP contribution in [0.3, 0.4) is 0 Å². The molecule has 26 heavy (non-hydrogen) atoms. The van der Waals surface area contributed by atoms with E-state index in [0.717, 1.165) is 0 Å². The number of carbonyl (C=O) groups is 3. The fourth-order valence-electron chi connectivity index (χ4n) is 3.42. The van der Waals surface area contributed by atoms with Crippen molar-refractivity contribution in [3.8, 4) is 0 Å². The van der Waals surface area contributed by atoms with Gasteiger partial charge in [-0.2, -0.15) is 0 Å². The summed E-state index contributed by atoms with van der Waals surface area (Å²) in [6, 6.07) is 3.75. The standard InChI is InChI=1S/C18H19N3O5/c1-9-11-5-4-10(17(20)24)7-13(11)26-18(25)15(9)16(23)12-3-2-6-21(12)14(22)8-19/h4-5,7,12H,2-3,6,8,19H2,1H3,(H2,20,24)/t12-/m0/s1. The molecule has 4 N–H and O–H groups in total. The number of aryl methyl sites for hydroxylation is 1. The molecule has 136 valence electrons. The lowest BCUT2D eigenvalue weighted by Crippen LogP contribution is -2.44. The normalized spacial score (nSPS) is 16.8. The number of benzene rings is 1. The minimum atomic E-state index is -0.798. The number of primary amides is 1. The van der Waals surface area contributed by atoms with Gasteiger partial charge in [-0.15, -0.1) is 0 Å². The van der Waals surface area contributed by atoms with Gasteiger partial charge in [0.15, 0.2) is 5.78 Å². The highest BCUT2D eigenvalue weighted by Crippen LogP contribution is 2.25. The fourth-order valence-corrected chi connectivity index (χ4v) is 3.42. The second kappa shape index (κ2) is 6.72. The van der Waals surface area contributed by atoms with Crippen molar-refractivity contribution < 1.29 is 18.8 Å². The molecular formula is C18H19N3O5. The van der Waals surface area contributed by atoms with E-state index in [1.54, 1.807) is 13.0 Å². The highest BCUT2D eigenvalue weighted by atomic mass is 16.4. The molecule has 0 spiro atoms. The lowest BCUT2D eigenvalue weighted by Gasteiger charge is -2.23. The van der Waals surface area contributed by atoms with Crippen LogP contribution in [0.2, 0.25) is 0 Å². The van der Waals surface area contributed by atoms with E-state index in [-0.39, 0.29) is 29.2 Å². The lowest BCUT2D eigenvalue weighted by molar-refractivity contribution is -0.129. The van der Waals surface area contributed by atoms with Gasteiger partial charge in [0.05, 0.1) is 12.6 Å². The molecule has 1 aliphatic rings. The van der Waals surface area contributed by atoms with E-state index in [1.807, 2.05) is 0 Å². The van der Waals surface area contributed by atoms with Crippen LogP contribution in [-0.2, 0) is 4.79 Å². The second-order valence-electron chi connectivity index (χ2n) is 6.28. The van der Waals surface area contributed by atoms with Gasteiger partial charge in [-0.25, -0.2) is 4.79 Å². The summed E-state index contributed by atoms with van der Waals surface area (Å²) in [6.45, 7) is 1.89. The largest absolute Gasteiger partial charge is 0.422 e. The zero-order valence-corrected chi connectivity index (χ0v) is 14.3. The third-order valence-electron chi connectivity index (χ3n) is 4.75. The Labute approximate surface area is 148 Å². The smallest absolute Gasteiger partial charge is 0.347 e. The summed E-state index contributed by atoms with van der Waals surface area (Å²) in [5.41, 5.74) is 10.6. The van der Waals surface area contributed by atoms with Crippen molar-refractivity contribution in [2.24, 2.45) is 11.5 Å². The number of amides is 2. The molecule has 1 fully saturated rings. The molecule has 0 unspecified atom stereocenters. The number of rotatable bonds is 4. The van der Waals surface area contributed by atoms with Gasteiger partial charge in [0.2, 0.25) is 11.8 Å². The maximum Gasteiger partial charge on any atom is 0.347 e. The molecule has 0 aliphatic carbocycles. The van der Waals surface area contributed by atoms with Gasteiger partial charge in [-0.05, 0) is 37.5 Å². The summed E-state index contributed by atoms with van der Waals surface area (Å²) in [5.74, 6) is -1.42. The fraction of sp³-hybridized carbons (Fsp3) is 0.333. The number of likely N-dealkylation sites (tertiary alicyclic amines) is 1. The molecule has 1 atom stereocenters. The Hall–Kier alpha value is -3.00. The summed E-state index contributed by atoms with van der Waals surface area (Å²) in [6.07, 6.45) is 1.14. The van der Waals surface area contributed by atoms with Crippen molar-refractivity contribution in [1.29, 1.82) is 0 Å². The first-order valence-corrected chi connectivity index (χ1v) is 8.26. The van der Waals surface area contributed by atoms with Crippen LogP contribution < -0.4 is 17.1 Å². The summed E-state index contributed by atoms with van der Waals surface area (Å²) in [4.78, 5) is 50.1. The minimum Gasteiger partial charge on any atom is -0.422 e. The Balaban J connectivity index is 2.09. The van der Waals surface area contributed by atoms with Crippen molar-refractivity contribution in [1.82, 2.24) is 4.90 Å². The number of hydrogen-bond acceptors (Lipinski definition) is 6. The molecule has 1 aromatic carbocycles. The van der Waals surface area contributed by atoms with Crippen molar-refractivity contribution in [3.05, 3.63) is 45.3 Å². The number of carbonyl (C=O) groups excluding carboxylic acids is 3. The molecule has 8 heteroatoms. The molecule has 2 amide bonds. The van der Waals surface area contributed by atoms with E-state index in [4.69, 9.17) is 15.9 Å². The van der Waals surface area contributed by atoms with E-state index < -0.39 is 23.4 Å². The number of nitrogens with zero attached hydrogens (tertiary/aromatic N) is 1. The third kappa shape index (κ3) is 2.88. The minimum absolute atomic E-state index is 0.0777. The Kier molecular flexibility index (Phi) is 4.60. The van der Waals surface area contributed by atoms with Crippen LogP contribution in [0.25, 0.3) is 11.0 Å². The monoisotopic (exact) mass is 357 g/mol. The van der Waals surface area contributed by atoms with Crippen LogP contribution in [0.4, 0.5) is 0 Å². The van der Waals surface area contributed by atoms with Crippen LogP contribution in [0.1, 0.15) is 39.1 Å². The molecule has 0 saturated carbocycles. The molecule has 0 radical (unpaired) electrons. The average Bonchev–Trinajstić information content (AvgIpc) is 3.10. The first-order valence-electron chi connectivity index (χ1n) is 8.26. The maximum atomic E-state index is 13.0. The molecule has 8 nitrogen and oxygen atoms in total. The predicted molar refractivity (Wildman–Crippen MR) is 93.9 cm³/mol. The molecule has 1 aromatic heterocycles. The van der Waals surface area contributed by atoms with Gasteiger partial charge in [0.25, 0.3) is 0 Å². The Bertz CT molecular complexity index is 979. The van der Waals surface area contributed by atoms with Crippen LogP contribution >= 0.6 is 0 Å². The predicted octanol–water partition coefficient (Wildman–Crippen LogP) is 0.333. The quantitative estimate of drug-likeness (QED) is 0.598. The Morgan fingerprint density at radius 2 is 2.04 bits per heavy atom. The first-order chi connectivity index (χ1) is 12.3. The van der Waals surface area contributed by atoms with E-state index in [2.05, 4.69) is 0 Å². The van der Waals surface area contributed by atoms with Gasteiger partial charge in [-0.1, -0.05) is 6.07 Å². The number of hydrogen-bond donors (Lipinski definition) is 2. The Morgan fingerprint density at radius 3 is 2.69 bits per heavy atom. The van der Waals surface area contributed by atoms with Crippen molar-refractivity contribution in [2.45, 2.75) is 25.8 Å². The van der Waals surface area contributed by atoms with Gasteiger partial charge in [0, 0.05) is 17.5 Å². The molecular weight excluding hydrogens is 338 g/mol. The van der Waals surface area contributed by atoms with Crippen molar-refractivity contribution >= 4 is 28.6 Å². The van der Waals surface area contributed by atoms with E-state index >= 15 is 0 Å². The number of Topliss-reactive ketones (excluding diaryl/α,β-unsaturated/α-hetero) is 1. The zero-order chi connectivity index (χ0) is 19.0. The average molecular weight is 357 g/mol. The van der Waals surface area contributed by atoms with Crippen LogP contribution in [-0.4, -0.2) is 41.6 Å². The van der Waals surface area contributed by atoms with E-state index in [9.17, 15) is 19.2 Å². The SMILES string of the molecule is Cc1c(C(=O)[C@@H]2CCCN2C(=O)CN)c(=O)oc2cc(C(N)=O)ccc12. The summed E-state index contributed by atoms with van der Waals surface area (Å²) in [7, 11) is 0. The highest BCUT2D eigenvalue weighted by Gasteiger charge is 2.36. The molecule has 1 saturated heterocycles. The van der Waals surface area contributed by atoms with E-state index in [1.165, 1.54) is 17.0 Å². The van der Waals surface area contributed by atoms with Crippen molar-refractivity contribution in [3.63, 3.8) is 0 Å². The van der Waals surface area contributed by atoms with Gasteiger partial charge in [0.1, 0.15) is 11.1 Å². The van der Waals surface area contributed by atoms with Crippen LogP contribution in [0, 0.1) is 6.92 Å². The lowest BCUT2D eigenvalue weighted by atomic mass is 9.97. The topological polar surface area (TPSA) is 137 Å². The van der Waals surface area contributed by atoms with Crippen LogP contribution in [0.15, 0.2) is 27.4 Å². The first kappa shape index (κ1) is 17.8. The molecule has 0 bridgehead atoms. The summed E-state index contributed by atoms with van der Waals surface area (Å²) >= 11 is 0. The molecule has 1 aliphatic heterocycles. The molecule has 2 aromatic rings. The maximum absolute atomic E-state index is 13.0. The van der Waals surface area contributed by atoms with Gasteiger partial charge >= 0.3 is 5.63 Å². The van der Waals surface area contributed by atoms with Gasteiger partial charge in [-0.3, -0.25) is 14.4 Å². The number of fused-ring (bicyclic) bond motifs is 1. The van der Waals surface area contributed by atoms with Crippen LogP contribution in [0.5, 0.6) is 0 Å². The molecule has 2 heterocycles. The Morgan fingerprint density at radius 1 is 1.31 bits per heavy atom. The number of ketones is 1. The van der Waals surface area contributed by atoms with Crippen molar-refractivity contribution in [2.75, 3.05) is 13.1 Å². The highest BCUT2D eigenvalue weighted by molar-refractivity contribution is 6.06.